The van der Waals surface area contributed by atoms with Crippen LogP contribution in [0.2, 0.25) is 5.28 Å². The van der Waals surface area contributed by atoms with Gasteiger partial charge in [0.25, 0.3) is 0 Å². The number of imidazole rings is 1. The Morgan fingerprint density at radius 3 is 3.06 bits per heavy atom. The topological polar surface area (TPSA) is 66.5 Å². The number of hydrogen-bond acceptors (Lipinski definition) is 4. The minimum atomic E-state index is 0.259. The molecule has 2 heterocycles. The first-order valence-electron chi connectivity index (χ1n) is 4.96. The highest BCUT2D eigenvalue weighted by molar-refractivity contribution is 6.28. The molecule has 5 nitrogen and oxygen atoms in total. The van der Waals surface area contributed by atoms with Gasteiger partial charge < -0.3 is 10.3 Å². The molecule has 84 valence electrons. The van der Waals surface area contributed by atoms with Crippen LogP contribution >= 0.6 is 11.6 Å². The SMILES string of the molecule is Cc1cnc(Cl)nc1NCCc1cnc[nH]1. The van der Waals surface area contributed by atoms with Crippen molar-refractivity contribution in [3.8, 4) is 0 Å². The number of halogens is 1. The zero-order chi connectivity index (χ0) is 11.4. The summed E-state index contributed by atoms with van der Waals surface area (Å²) in [6, 6.07) is 0. The van der Waals surface area contributed by atoms with E-state index >= 15 is 0 Å². The zero-order valence-electron chi connectivity index (χ0n) is 8.87. The van der Waals surface area contributed by atoms with E-state index in [1.807, 2.05) is 13.1 Å². The molecular formula is C10H12ClN5. The highest BCUT2D eigenvalue weighted by atomic mass is 35.5. The average Bonchev–Trinajstić information content (AvgIpc) is 2.76. The summed E-state index contributed by atoms with van der Waals surface area (Å²) in [5.74, 6) is 0.777. The number of aryl methyl sites for hydroxylation is 1. The molecule has 0 aliphatic rings. The second-order valence-corrected chi connectivity index (χ2v) is 3.76. The summed E-state index contributed by atoms with van der Waals surface area (Å²) in [5.41, 5.74) is 2.07. The van der Waals surface area contributed by atoms with Crippen LogP contribution in [0.25, 0.3) is 0 Å². The molecule has 16 heavy (non-hydrogen) atoms. The third-order valence-electron chi connectivity index (χ3n) is 2.18. The van der Waals surface area contributed by atoms with Gasteiger partial charge in [-0.1, -0.05) is 0 Å². The molecule has 0 saturated heterocycles. The second kappa shape index (κ2) is 4.94. The Balaban J connectivity index is 1.92. The maximum Gasteiger partial charge on any atom is 0.224 e. The van der Waals surface area contributed by atoms with E-state index in [-0.39, 0.29) is 5.28 Å². The third-order valence-corrected chi connectivity index (χ3v) is 2.37. The highest BCUT2D eigenvalue weighted by Crippen LogP contribution is 2.12. The van der Waals surface area contributed by atoms with E-state index in [1.54, 1.807) is 12.5 Å². The molecule has 0 spiro atoms. The highest BCUT2D eigenvalue weighted by Gasteiger charge is 2.01. The predicted octanol–water partition coefficient (Wildman–Crippen LogP) is 1.82. The first-order valence-corrected chi connectivity index (χ1v) is 5.34. The third kappa shape index (κ3) is 2.70. The minimum Gasteiger partial charge on any atom is -0.369 e. The van der Waals surface area contributed by atoms with E-state index in [9.17, 15) is 0 Å². The molecular weight excluding hydrogens is 226 g/mol. The zero-order valence-corrected chi connectivity index (χ0v) is 9.62. The molecule has 6 heteroatoms. The number of aromatic nitrogens is 4. The smallest absolute Gasteiger partial charge is 0.224 e. The van der Waals surface area contributed by atoms with Crippen LogP contribution in [0.5, 0.6) is 0 Å². The number of rotatable bonds is 4. The molecule has 2 aromatic heterocycles. The quantitative estimate of drug-likeness (QED) is 0.796. The molecule has 0 bridgehead atoms. The van der Waals surface area contributed by atoms with Gasteiger partial charge in [0.05, 0.1) is 6.33 Å². The van der Waals surface area contributed by atoms with Crippen LogP contribution in [-0.4, -0.2) is 26.5 Å². The average molecular weight is 238 g/mol. The number of nitrogens with one attached hydrogen (secondary N) is 2. The van der Waals surface area contributed by atoms with E-state index in [0.717, 1.165) is 30.0 Å². The maximum absolute atomic E-state index is 5.72. The van der Waals surface area contributed by atoms with Crippen molar-refractivity contribution in [2.75, 3.05) is 11.9 Å². The summed E-state index contributed by atoms with van der Waals surface area (Å²) in [6.07, 6.45) is 6.04. The molecule has 2 N–H and O–H groups in total. The summed E-state index contributed by atoms with van der Waals surface area (Å²) in [6.45, 7) is 2.71. The van der Waals surface area contributed by atoms with Crippen molar-refractivity contribution in [1.29, 1.82) is 0 Å². The molecule has 2 aromatic rings. The predicted molar refractivity (Wildman–Crippen MR) is 62.6 cm³/mol. The van der Waals surface area contributed by atoms with Crippen LogP contribution in [0.3, 0.4) is 0 Å². The Bertz CT molecular complexity index is 454. The van der Waals surface area contributed by atoms with Crippen LogP contribution in [0.15, 0.2) is 18.7 Å². The Morgan fingerprint density at radius 1 is 1.44 bits per heavy atom. The van der Waals surface area contributed by atoms with Crippen molar-refractivity contribution >= 4 is 17.4 Å². The van der Waals surface area contributed by atoms with Gasteiger partial charge in [-0.05, 0) is 18.5 Å². The number of hydrogen-bond donors (Lipinski definition) is 2. The minimum absolute atomic E-state index is 0.259. The molecule has 0 aromatic carbocycles. The van der Waals surface area contributed by atoms with Crippen LogP contribution in [0, 0.1) is 6.92 Å². The van der Waals surface area contributed by atoms with Crippen molar-refractivity contribution < 1.29 is 0 Å². The first-order chi connectivity index (χ1) is 7.75. The van der Waals surface area contributed by atoms with E-state index in [0.29, 0.717) is 0 Å². The van der Waals surface area contributed by atoms with Gasteiger partial charge in [-0.25, -0.2) is 15.0 Å². The normalized spacial score (nSPS) is 10.4. The Kier molecular flexibility index (Phi) is 3.36. The largest absolute Gasteiger partial charge is 0.369 e. The van der Waals surface area contributed by atoms with Crippen molar-refractivity contribution in [1.82, 2.24) is 19.9 Å². The van der Waals surface area contributed by atoms with E-state index < -0.39 is 0 Å². The lowest BCUT2D eigenvalue weighted by Gasteiger charge is -2.07. The van der Waals surface area contributed by atoms with Crippen molar-refractivity contribution in [2.24, 2.45) is 0 Å². The van der Waals surface area contributed by atoms with Gasteiger partial charge in [0.15, 0.2) is 0 Å². The Morgan fingerprint density at radius 2 is 2.31 bits per heavy atom. The fourth-order valence-corrected chi connectivity index (χ4v) is 1.47. The Labute approximate surface area is 98.3 Å². The molecule has 0 saturated carbocycles. The molecule has 0 radical (unpaired) electrons. The number of anilines is 1. The second-order valence-electron chi connectivity index (χ2n) is 3.42. The van der Waals surface area contributed by atoms with Gasteiger partial charge in [-0.3, -0.25) is 0 Å². The van der Waals surface area contributed by atoms with E-state index in [2.05, 4.69) is 25.3 Å². The molecule has 0 amide bonds. The van der Waals surface area contributed by atoms with Gasteiger partial charge in [0.1, 0.15) is 5.82 Å². The van der Waals surface area contributed by atoms with Gasteiger partial charge in [0, 0.05) is 36.6 Å². The van der Waals surface area contributed by atoms with Gasteiger partial charge >= 0.3 is 0 Å². The summed E-state index contributed by atoms with van der Waals surface area (Å²) in [5, 5.41) is 3.47. The monoisotopic (exact) mass is 237 g/mol. The van der Waals surface area contributed by atoms with E-state index in [1.165, 1.54) is 0 Å². The summed E-state index contributed by atoms with van der Waals surface area (Å²) >= 11 is 5.72. The standard InChI is InChI=1S/C10H12ClN5/c1-7-4-14-10(11)16-9(7)13-3-2-8-5-12-6-15-8/h4-6H,2-3H2,1H3,(H,12,15)(H,13,14,16). The van der Waals surface area contributed by atoms with Crippen molar-refractivity contribution in [2.45, 2.75) is 13.3 Å². The van der Waals surface area contributed by atoms with Crippen LogP contribution in [0.1, 0.15) is 11.3 Å². The summed E-state index contributed by atoms with van der Waals surface area (Å²) < 4.78 is 0. The lowest BCUT2D eigenvalue weighted by molar-refractivity contribution is 0.959. The molecule has 0 atom stereocenters. The lowest BCUT2D eigenvalue weighted by atomic mass is 10.3. The summed E-state index contributed by atoms with van der Waals surface area (Å²) in [4.78, 5) is 15.0. The number of nitrogens with zero attached hydrogens (tertiary/aromatic N) is 3. The van der Waals surface area contributed by atoms with E-state index in [4.69, 9.17) is 11.6 Å². The van der Waals surface area contributed by atoms with Gasteiger partial charge in [-0.2, -0.15) is 0 Å². The fraction of sp³-hybridized carbons (Fsp3) is 0.300. The molecule has 0 unspecified atom stereocenters. The first kappa shape index (κ1) is 10.9. The Hall–Kier alpha value is -1.62. The van der Waals surface area contributed by atoms with Crippen LogP contribution in [-0.2, 0) is 6.42 Å². The van der Waals surface area contributed by atoms with Gasteiger partial charge in [-0.15, -0.1) is 0 Å². The van der Waals surface area contributed by atoms with Crippen LogP contribution < -0.4 is 5.32 Å². The fourth-order valence-electron chi connectivity index (χ4n) is 1.34. The van der Waals surface area contributed by atoms with Gasteiger partial charge in [0.2, 0.25) is 5.28 Å². The summed E-state index contributed by atoms with van der Waals surface area (Å²) in [7, 11) is 0. The molecule has 0 fully saturated rings. The van der Waals surface area contributed by atoms with Crippen molar-refractivity contribution in [3.63, 3.8) is 0 Å². The number of H-pyrrole nitrogens is 1. The van der Waals surface area contributed by atoms with Crippen LogP contribution in [0.4, 0.5) is 5.82 Å². The molecule has 2 rings (SSSR count). The lowest BCUT2D eigenvalue weighted by Crippen LogP contribution is -2.08. The van der Waals surface area contributed by atoms with Crippen molar-refractivity contribution in [3.05, 3.63) is 35.3 Å². The molecule has 0 aliphatic heterocycles. The maximum atomic E-state index is 5.72. The number of aromatic amines is 1. The molecule has 0 aliphatic carbocycles.